The molecule has 0 aliphatic carbocycles. The van der Waals surface area contributed by atoms with Crippen molar-refractivity contribution in [2.75, 3.05) is 13.2 Å². The van der Waals surface area contributed by atoms with Crippen LogP contribution < -0.4 is 5.32 Å². The summed E-state index contributed by atoms with van der Waals surface area (Å²) in [7, 11) is 0. The summed E-state index contributed by atoms with van der Waals surface area (Å²) < 4.78 is 5.37. The first-order valence-corrected chi connectivity index (χ1v) is 6.99. The summed E-state index contributed by atoms with van der Waals surface area (Å²) in [6.07, 6.45) is 1.88. The van der Waals surface area contributed by atoms with Crippen molar-refractivity contribution in [3.63, 3.8) is 0 Å². The van der Waals surface area contributed by atoms with E-state index >= 15 is 0 Å². The molecule has 7 heteroatoms. The first kappa shape index (κ1) is 15.8. The van der Waals surface area contributed by atoms with Crippen LogP contribution in [0.2, 0.25) is 0 Å². The van der Waals surface area contributed by atoms with Gasteiger partial charge in [-0.25, -0.2) is 0 Å². The molecular weight excluding hydrogens is 274 g/mol. The van der Waals surface area contributed by atoms with Gasteiger partial charge >= 0.3 is 0 Å². The highest BCUT2D eigenvalue weighted by Crippen LogP contribution is 2.26. The minimum absolute atomic E-state index is 0.109. The van der Waals surface area contributed by atoms with Gasteiger partial charge < -0.3 is 15.2 Å². The summed E-state index contributed by atoms with van der Waals surface area (Å²) in [6, 6.07) is 0. The first-order valence-electron chi connectivity index (χ1n) is 6.99. The topological polar surface area (TPSA) is 97.5 Å². The summed E-state index contributed by atoms with van der Waals surface area (Å²) in [4.78, 5) is 14.9. The summed E-state index contributed by atoms with van der Waals surface area (Å²) in [5, 5.41) is 24.6. The van der Waals surface area contributed by atoms with Crippen LogP contribution in [0.15, 0.2) is 6.20 Å². The molecule has 21 heavy (non-hydrogen) atoms. The molecule has 1 aromatic rings. The third kappa shape index (κ3) is 3.20. The second-order valence-corrected chi connectivity index (χ2v) is 5.59. The number of pyridine rings is 1. The minimum atomic E-state index is -0.884. The average molecular weight is 295 g/mol. The van der Waals surface area contributed by atoms with Crippen molar-refractivity contribution >= 4 is 5.69 Å². The first-order chi connectivity index (χ1) is 9.85. The standard InChI is InChI=1S/C14H21N3O4/c1-9-6-16-12(10(2)13(9)17(19)20)7-15-8-14(18)4-5-21-11(14)3/h6,11,15,18H,4-5,7-8H2,1-3H3. The predicted molar refractivity (Wildman–Crippen MR) is 77.1 cm³/mol. The Balaban J connectivity index is 2.04. The SMILES string of the molecule is Cc1cnc(CNCC2(O)CCOC2C)c(C)c1[N+](=O)[O-]. The lowest BCUT2D eigenvalue weighted by Gasteiger charge is -2.26. The monoisotopic (exact) mass is 295 g/mol. The Labute approximate surface area is 123 Å². The van der Waals surface area contributed by atoms with E-state index in [4.69, 9.17) is 4.74 Å². The molecule has 1 aromatic heterocycles. The molecule has 116 valence electrons. The van der Waals surface area contributed by atoms with Crippen molar-refractivity contribution in [1.29, 1.82) is 0 Å². The molecule has 0 bridgehead atoms. The summed E-state index contributed by atoms with van der Waals surface area (Å²) in [6.45, 7) is 6.52. The largest absolute Gasteiger partial charge is 0.386 e. The summed E-state index contributed by atoms with van der Waals surface area (Å²) in [5.41, 5.74) is 0.971. The lowest BCUT2D eigenvalue weighted by Crippen LogP contribution is -2.45. The number of aromatic nitrogens is 1. The van der Waals surface area contributed by atoms with Crippen molar-refractivity contribution in [2.24, 2.45) is 0 Å². The zero-order chi connectivity index (χ0) is 15.6. The van der Waals surface area contributed by atoms with E-state index < -0.39 is 5.60 Å². The van der Waals surface area contributed by atoms with Crippen LogP contribution >= 0.6 is 0 Å². The highest BCUT2D eigenvalue weighted by atomic mass is 16.6. The number of nitro groups is 1. The van der Waals surface area contributed by atoms with Gasteiger partial charge in [-0.3, -0.25) is 15.1 Å². The molecule has 2 rings (SSSR count). The molecule has 7 nitrogen and oxygen atoms in total. The second-order valence-electron chi connectivity index (χ2n) is 5.59. The van der Waals surface area contributed by atoms with E-state index in [1.165, 1.54) is 6.20 Å². The fraction of sp³-hybridized carbons (Fsp3) is 0.643. The molecule has 1 saturated heterocycles. The third-order valence-corrected chi connectivity index (χ3v) is 4.14. The van der Waals surface area contributed by atoms with Gasteiger partial charge in [-0.05, 0) is 20.8 Å². The van der Waals surface area contributed by atoms with Gasteiger partial charge in [0.25, 0.3) is 5.69 Å². The highest BCUT2D eigenvalue weighted by Gasteiger charge is 2.39. The fourth-order valence-electron chi connectivity index (χ4n) is 2.62. The molecule has 1 aliphatic rings. The molecule has 0 spiro atoms. The van der Waals surface area contributed by atoms with Gasteiger partial charge in [0.2, 0.25) is 0 Å². The van der Waals surface area contributed by atoms with E-state index in [9.17, 15) is 15.2 Å². The van der Waals surface area contributed by atoms with Gasteiger partial charge in [0.05, 0.1) is 16.7 Å². The Morgan fingerprint density at radius 2 is 2.33 bits per heavy atom. The van der Waals surface area contributed by atoms with Crippen LogP contribution in [0.4, 0.5) is 5.69 Å². The molecule has 0 radical (unpaired) electrons. The van der Waals surface area contributed by atoms with Crippen LogP contribution in [0.5, 0.6) is 0 Å². The zero-order valence-electron chi connectivity index (χ0n) is 12.5. The van der Waals surface area contributed by atoms with E-state index in [-0.39, 0.29) is 16.7 Å². The minimum Gasteiger partial charge on any atom is -0.386 e. The quantitative estimate of drug-likeness (QED) is 0.626. The van der Waals surface area contributed by atoms with E-state index in [2.05, 4.69) is 10.3 Å². The lowest BCUT2D eigenvalue weighted by atomic mass is 9.96. The molecule has 2 heterocycles. The van der Waals surface area contributed by atoms with E-state index in [1.807, 2.05) is 6.92 Å². The smallest absolute Gasteiger partial charge is 0.278 e. The van der Waals surface area contributed by atoms with E-state index in [0.29, 0.717) is 42.9 Å². The molecule has 1 fully saturated rings. The van der Waals surface area contributed by atoms with Crippen molar-refractivity contribution in [1.82, 2.24) is 10.3 Å². The summed E-state index contributed by atoms with van der Waals surface area (Å²) in [5.74, 6) is 0. The van der Waals surface area contributed by atoms with Crippen LogP contribution in [0.25, 0.3) is 0 Å². The number of nitrogens with one attached hydrogen (secondary N) is 1. The molecule has 1 aliphatic heterocycles. The molecule has 2 N–H and O–H groups in total. The molecule has 0 amide bonds. The van der Waals surface area contributed by atoms with Gasteiger partial charge in [-0.1, -0.05) is 0 Å². The average Bonchev–Trinajstić information content (AvgIpc) is 2.72. The Bertz CT molecular complexity index is 549. The maximum absolute atomic E-state index is 11.1. The number of ether oxygens (including phenoxy) is 1. The second kappa shape index (κ2) is 6.05. The van der Waals surface area contributed by atoms with Crippen LogP contribution in [0.3, 0.4) is 0 Å². The maximum atomic E-state index is 11.1. The molecular formula is C14H21N3O4. The fourth-order valence-corrected chi connectivity index (χ4v) is 2.62. The Hall–Kier alpha value is -1.57. The van der Waals surface area contributed by atoms with Gasteiger partial charge in [0, 0.05) is 43.4 Å². The van der Waals surface area contributed by atoms with Gasteiger partial charge in [-0.2, -0.15) is 0 Å². The van der Waals surface area contributed by atoms with E-state index in [0.717, 1.165) is 0 Å². The van der Waals surface area contributed by atoms with Crippen LogP contribution in [0, 0.1) is 24.0 Å². The number of aryl methyl sites for hydroxylation is 1. The Morgan fingerprint density at radius 3 is 2.90 bits per heavy atom. The Morgan fingerprint density at radius 1 is 1.62 bits per heavy atom. The van der Waals surface area contributed by atoms with Crippen molar-refractivity contribution in [2.45, 2.75) is 45.4 Å². The van der Waals surface area contributed by atoms with Gasteiger partial charge in [0.15, 0.2) is 0 Å². The predicted octanol–water partition coefficient (Wildman–Crippen LogP) is 1.24. The summed E-state index contributed by atoms with van der Waals surface area (Å²) >= 11 is 0. The number of nitrogens with zero attached hydrogens (tertiary/aromatic N) is 2. The number of aliphatic hydroxyl groups is 1. The molecule has 0 aromatic carbocycles. The normalized spacial score (nSPS) is 25.2. The highest BCUT2D eigenvalue weighted by molar-refractivity contribution is 5.47. The molecule has 2 unspecified atom stereocenters. The van der Waals surface area contributed by atoms with Gasteiger partial charge in [-0.15, -0.1) is 0 Å². The molecule has 0 saturated carbocycles. The van der Waals surface area contributed by atoms with Crippen molar-refractivity contribution < 1.29 is 14.8 Å². The van der Waals surface area contributed by atoms with Gasteiger partial charge in [0.1, 0.15) is 5.60 Å². The number of hydrogen-bond acceptors (Lipinski definition) is 6. The van der Waals surface area contributed by atoms with Crippen LogP contribution in [0.1, 0.15) is 30.2 Å². The zero-order valence-corrected chi connectivity index (χ0v) is 12.5. The van der Waals surface area contributed by atoms with Crippen LogP contribution in [-0.2, 0) is 11.3 Å². The van der Waals surface area contributed by atoms with Crippen LogP contribution in [-0.4, -0.2) is 39.9 Å². The van der Waals surface area contributed by atoms with E-state index in [1.54, 1.807) is 13.8 Å². The lowest BCUT2D eigenvalue weighted by molar-refractivity contribution is -0.386. The Kier molecular flexibility index (Phi) is 4.55. The maximum Gasteiger partial charge on any atom is 0.278 e. The van der Waals surface area contributed by atoms with Crippen molar-refractivity contribution in [3.8, 4) is 0 Å². The van der Waals surface area contributed by atoms with Crippen molar-refractivity contribution in [3.05, 3.63) is 33.1 Å². The molecule has 2 atom stereocenters. The number of hydrogen-bond donors (Lipinski definition) is 2. The third-order valence-electron chi connectivity index (χ3n) is 4.14. The number of rotatable bonds is 5.